The van der Waals surface area contributed by atoms with Gasteiger partial charge in [0.1, 0.15) is 0 Å². The first kappa shape index (κ1) is 15.0. The standard InChI is InChI=1S/C16H28N2S/c1-16(2,3)14-6-4-13(5-7-14)10-17-9-8-15-11-19-12-18-15/h11-14,17H,4-10H2,1-3H3. The maximum Gasteiger partial charge on any atom is 0.0794 e. The second-order valence-corrected chi connectivity index (χ2v) is 7.74. The highest BCUT2D eigenvalue weighted by atomic mass is 32.1. The highest BCUT2D eigenvalue weighted by Gasteiger charge is 2.29. The number of nitrogens with one attached hydrogen (secondary N) is 1. The molecule has 3 heteroatoms. The van der Waals surface area contributed by atoms with Crippen LogP contribution in [-0.4, -0.2) is 18.1 Å². The van der Waals surface area contributed by atoms with Crippen LogP contribution < -0.4 is 5.32 Å². The van der Waals surface area contributed by atoms with Gasteiger partial charge >= 0.3 is 0 Å². The number of rotatable bonds is 5. The van der Waals surface area contributed by atoms with Gasteiger partial charge in [0, 0.05) is 18.3 Å². The summed E-state index contributed by atoms with van der Waals surface area (Å²) in [5, 5.41) is 5.76. The summed E-state index contributed by atoms with van der Waals surface area (Å²) >= 11 is 1.69. The second-order valence-electron chi connectivity index (χ2n) is 7.02. The van der Waals surface area contributed by atoms with Gasteiger partial charge in [0.25, 0.3) is 0 Å². The van der Waals surface area contributed by atoms with Gasteiger partial charge in [-0.05, 0) is 49.5 Å². The fraction of sp³-hybridized carbons (Fsp3) is 0.812. The van der Waals surface area contributed by atoms with Gasteiger partial charge in [0.2, 0.25) is 0 Å². The van der Waals surface area contributed by atoms with E-state index in [1.54, 1.807) is 11.3 Å². The molecule has 2 nitrogen and oxygen atoms in total. The minimum Gasteiger partial charge on any atom is -0.316 e. The highest BCUT2D eigenvalue weighted by molar-refractivity contribution is 7.07. The average molecular weight is 280 g/mol. The Morgan fingerprint density at radius 1 is 1.26 bits per heavy atom. The monoisotopic (exact) mass is 280 g/mol. The summed E-state index contributed by atoms with van der Waals surface area (Å²) in [5.41, 5.74) is 3.65. The topological polar surface area (TPSA) is 24.9 Å². The van der Waals surface area contributed by atoms with Gasteiger partial charge in [-0.15, -0.1) is 11.3 Å². The average Bonchev–Trinajstić information content (AvgIpc) is 2.87. The van der Waals surface area contributed by atoms with E-state index in [-0.39, 0.29) is 0 Å². The van der Waals surface area contributed by atoms with E-state index in [0.717, 1.165) is 24.8 Å². The number of hydrogen-bond donors (Lipinski definition) is 1. The van der Waals surface area contributed by atoms with E-state index in [1.807, 2.05) is 5.51 Å². The van der Waals surface area contributed by atoms with Gasteiger partial charge in [0.15, 0.2) is 0 Å². The van der Waals surface area contributed by atoms with Crippen molar-refractivity contribution in [2.75, 3.05) is 13.1 Å². The maximum absolute atomic E-state index is 4.32. The summed E-state index contributed by atoms with van der Waals surface area (Å²) in [6.07, 6.45) is 6.72. The van der Waals surface area contributed by atoms with Crippen molar-refractivity contribution in [2.45, 2.75) is 52.9 Å². The third-order valence-electron chi connectivity index (χ3n) is 4.55. The lowest BCUT2D eigenvalue weighted by atomic mass is 9.70. The molecule has 1 aliphatic carbocycles. The Kier molecular flexibility index (Phi) is 5.40. The Morgan fingerprint density at radius 2 is 2.00 bits per heavy atom. The summed E-state index contributed by atoms with van der Waals surface area (Å²) in [7, 11) is 0. The van der Waals surface area contributed by atoms with Crippen LogP contribution in [0, 0.1) is 17.3 Å². The number of aromatic nitrogens is 1. The Balaban J connectivity index is 1.58. The van der Waals surface area contributed by atoms with Crippen LogP contribution in [0.5, 0.6) is 0 Å². The van der Waals surface area contributed by atoms with Crippen LogP contribution in [0.15, 0.2) is 10.9 Å². The van der Waals surface area contributed by atoms with Crippen LogP contribution in [0.2, 0.25) is 0 Å². The van der Waals surface area contributed by atoms with Crippen LogP contribution >= 0.6 is 11.3 Å². The summed E-state index contributed by atoms with van der Waals surface area (Å²) in [5.74, 6) is 1.83. The van der Waals surface area contributed by atoms with Crippen LogP contribution in [0.1, 0.15) is 52.1 Å². The van der Waals surface area contributed by atoms with Crippen LogP contribution in [0.25, 0.3) is 0 Å². The third-order valence-corrected chi connectivity index (χ3v) is 5.18. The van der Waals surface area contributed by atoms with Gasteiger partial charge in [-0.2, -0.15) is 0 Å². The Hall–Kier alpha value is -0.410. The fourth-order valence-electron chi connectivity index (χ4n) is 3.12. The Morgan fingerprint density at radius 3 is 2.58 bits per heavy atom. The van der Waals surface area contributed by atoms with Gasteiger partial charge < -0.3 is 5.32 Å². The fourth-order valence-corrected chi connectivity index (χ4v) is 3.71. The molecule has 1 saturated carbocycles. The number of hydrogen-bond acceptors (Lipinski definition) is 3. The van der Waals surface area contributed by atoms with Crippen molar-refractivity contribution in [2.24, 2.45) is 17.3 Å². The van der Waals surface area contributed by atoms with Crippen molar-refractivity contribution < 1.29 is 0 Å². The van der Waals surface area contributed by atoms with E-state index in [2.05, 4.69) is 36.5 Å². The summed E-state index contributed by atoms with van der Waals surface area (Å²) in [6.45, 7) is 9.45. The van der Waals surface area contributed by atoms with Gasteiger partial charge in [0.05, 0.1) is 11.2 Å². The zero-order valence-corrected chi connectivity index (χ0v) is 13.4. The van der Waals surface area contributed by atoms with Gasteiger partial charge in [-0.3, -0.25) is 0 Å². The lowest BCUT2D eigenvalue weighted by Crippen LogP contribution is -2.31. The molecule has 108 valence electrons. The molecular formula is C16H28N2S. The van der Waals surface area contributed by atoms with E-state index >= 15 is 0 Å². The van der Waals surface area contributed by atoms with E-state index in [1.165, 1.54) is 37.9 Å². The normalized spacial score (nSPS) is 24.6. The molecule has 19 heavy (non-hydrogen) atoms. The van der Waals surface area contributed by atoms with Crippen molar-refractivity contribution in [1.82, 2.24) is 10.3 Å². The number of thiazole rings is 1. The molecule has 1 aliphatic rings. The molecule has 0 aliphatic heterocycles. The zero-order chi connectivity index (χ0) is 13.7. The zero-order valence-electron chi connectivity index (χ0n) is 12.6. The van der Waals surface area contributed by atoms with Gasteiger partial charge in [-0.1, -0.05) is 20.8 Å². The molecule has 1 fully saturated rings. The van der Waals surface area contributed by atoms with E-state index in [0.29, 0.717) is 5.41 Å². The Bertz CT molecular complexity index is 345. The molecule has 0 spiro atoms. The van der Waals surface area contributed by atoms with E-state index < -0.39 is 0 Å². The molecule has 0 saturated heterocycles. The maximum atomic E-state index is 4.32. The molecule has 1 aromatic rings. The Labute approximate surface area is 122 Å². The molecule has 1 heterocycles. The molecule has 0 unspecified atom stereocenters. The first-order chi connectivity index (χ1) is 9.05. The highest BCUT2D eigenvalue weighted by Crippen LogP contribution is 2.39. The van der Waals surface area contributed by atoms with Crippen LogP contribution in [-0.2, 0) is 6.42 Å². The van der Waals surface area contributed by atoms with Gasteiger partial charge in [-0.25, -0.2) is 4.98 Å². The first-order valence-corrected chi connectivity index (χ1v) is 8.58. The summed E-state index contributed by atoms with van der Waals surface area (Å²) in [6, 6.07) is 0. The van der Waals surface area contributed by atoms with Crippen molar-refractivity contribution >= 4 is 11.3 Å². The molecule has 0 bridgehead atoms. The van der Waals surface area contributed by atoms with Crippen molar-refractivity contribution in [3.05, 3.63) is 16.6 Å². The third kappa shape index (κ3) is 4.88. The molecule has 1 N–H and O–H groups in total. The molecule has 0 aromatic carbocycles. The molecule has 0 radical (unpaired) electrons. The van der Waals surface area contributed by atoms with Crippen molar-refractivity contribution in [3.8, 4) is 0 Å². The molecule has 0 atom stereocenters. The summed E-state index contributed by atoms with van der Waals surface area (Å²) in [4.78, 5) is 4.32. The smallest absolute Gasteiger partial charge is 0.0794 e. The lowest BCUT2D eigenvalue weighted by molar-refractivity contribution is 0.149. The van der Waals surface area contributed by atoms with Crippen LogP contribution in [0.4, 0.5) is 0 Å². The van der Waals surface area contributed by atoms with E-state index in [4.69, 9.17) is 0 Å². The van der Waals surface area contributed by atoms with Crippen LogP contribution in [0.3, 0.4) is 0 Å². The largest absolute Gasteiger partial charge is 0.316 e. The molecular weight excluding hydrogens is 252 g/mol. The quantitative estimate of drug-likeness (QED) is 0.820. The summed E-state index contributed by atoms with van der Waals surface area (Å²) < 4.78 is 0. The molecule has 1 aromatic heterocycles. The second kappa shape index (κ2) is 6.85. The minimum atomic E-state index is 0.503. The first-order valence-electron chi connectivity index (χ1n) is 7.63. The predicted molar refractivity (Wildman–Crippen MR) is 83.6 cm³/mol. The predicted octanol–water partition coefficient (Wildman–Crippen LogP) is 4.13. The molecule has 2 rings (SSSR count). The van der Waals surface area contributed by atoms with E-state index in [9.17, 15) is 0 Å². The minimum absolute atomic E-state index is 0.503. The lowest BCUT2D eigenvalue weighted by Gasteiger charge is -2.37. The molecule has 0 amide bonds. The number of nitrogens with zero attached hydrogens (tertiary/aromatic N) is 1. The van der Waals surface area contributed by atoms with Crippen molar-refractivity contribution in [3.63, 3.8) is 0 Å². The van der Waals surface area contributed by atoms with Crippen molar-refractivity contribution in [1.29, 1.82) is 0 Å². The SMILES string of the molecule is CC(C)(C)C1CCC(CNCCc2cscn2)CC1.